The number of nitrogens with one attached hydrogen (secondary N) is 1. The number of carbonyl (C=O) groups is 1. The number of methoxy groups -OCH3 is 2. The number of esters is 1. The molecule has 1 atom stereocenters. The molecule has 114 valence electrons. The number of rotatable bonds is 4. The fraction of sp³-hybridized carbons (Fsp3) is 0.188. The van der Waals surface area contributed by atoms with Crippen LogP contribution >= 0.6 is 11.6 Å². The van der Waals surface area contributed by atoms with Gasteiger partial charge in [0.1, 0.15) is 5.56 Å². The number of hydrogen-bond acceptors (Lipinski definition) is 5. The Morgan fingerprint density at radius 1 is 1.18 bits per heavy atom. The third-order valence-electron chi connectivity index (χ3n) is 3.41. The highest BCUT2D eigenvalue weighted by molar-refractivity contribution is 6.30. The van der Waals surface area contributed by atoms with E-state index >= 15 is 0 Å². The van der Waals surface area contributed by atoms with E-state index in [0.717, 1.165) is 5.69 Å². The second-order valence-corrected chi connectivity index (χ2v) is 5.14. The molecule has 0 amide bonds. The fourth-order valence-corrected chi connectivity index (χ4v) is 2.63. The average molecular weight is 320 g/mol. The summed E-state index contributed by atoms with van der Waals surface area (Å²) in [5, 5.41) is 3.73. The van der Waals surface area contributed by atoms with Gasteiger partial charge in [-0.15, -0.1) is 0 Å². The lowest BCUT2D eigenvalue weighted by atomic mass is 10.1. The van der Waals surface area contributed by atoms with Gasteiger partial charge in [0.15, 0.2) is 11.5 Å². The standard InChI is InChI=1S/C16H14ClNO4/c1-20-12-7-6-11-13(14(12)21-2)16(19)22-15(11)18-10-5-3-4-9(17)8-10/h3-8,15,18H,1-2H3/t15-/m0/s1. The Bertz CT molecular complexity index is 732. The molecular formula is C16H14ClNO4. The molecule has 22 heavy (non-hydrogen) atoms. The molecule has 0 radical (unpaired) electrons. The maximum absolute atomic E-state index is 12.2. The molecular weight excluding hydrogens is 306 g/mol. The first-order valence-electron chi connectivity index (χ1n) is 6.62. The van der Waals surface area contributed by atoms with Crippen molar-refractivity contribution < 1.29 is 19.0 Å². The van der Waals surface area contributed by atoms with E-state index < -0.39 is 12.2 Å². The summed E-state index contributed by atoms with van der Waals surface area (Å²) in [5.74, 6) is 0.410. The maximum Gasteiger partial charge on any atom is 0.344 e. The first-order valence-corrected chi connectivity index (χ1v) is 7.00. The summed E-state index contributed by atoms with van der Waals surface area (Å²) in [5.41, 5.74) is 1.83. The van der Waals surface area contributed by atoms with Crippen molar-refractivity contribution in [1.82, 2.24) is 0 Å². The molecule has 1 heterocycles. The largest absolute Gasteiger partial charge is 0.493 e. The molecule has 0 saturated carbocycles. The van der Waals surface area contributed by atoms with Crippen molar-refractivity contribution in [2.45, 2.75) is 6.23 Å². The summed E-state index contributed by atoms with van der Waals surface area (Å²) in [4.78, 5) is 12.2. The van der Waals surface area contributed by atoms with Crippen LogP contribution in [0.3, 0.4) is 0 Å². The van der Waals surface area contributed by atoms with Crippen LogP contribution in [0, 0.1) is 0 Å². The van der Waals surface area contributed by atoms with Crippen LogP contribution in [0.2, 0.25) is 5.02 Å². The van der Waals surface area contributed by atoms with Crippen molar-refractivity contribution in [1.29, 1.82) is 0 Å². The van der Waals surface area contributed by atoms with Crippen LogP contribution < -0.4 is 14.8 Å². The Balaban J connectivity index is 1.98. The number of halogens is 1. The van der Waals surface area contributed by atoms with E-state index in [9.17, 15) is 4.79 Å². The van der Waals surface area contributed by atoms with Gasteiger partial charge in [0, 0.05) is 16.3 Å². The first kappa shape index (κ1) is 14.5. The minimum Gasteiger partial charge on any atom is -0.493 e. The molecule has 1 aliphatic heterocycles. The molecule has 5 nitrogen and oxygen atoms in total. The van der Waals surface area contributed by atoms with E-state index in [4.69, 9.17) is 25.8 Å². The van der Waals surface area contributed by atoms with Gasteiger partial charge in [-0.3, -0.25) is 0 Å². The van der Waals surface area contributed by atoms with Crippen LogP contribution in [0.1, 0.15) is 22.1 Å². The third-order valence-corrected chi connectivity index (χ3v) is 3.65. The summed E-state index contributed by atoms with van der Waals surface area (Å²) in [6, 6.07) is 10.7. The third kappa shape index (κ3) is 2.44. The zero-order valence-corrected chi connectivity index (χ0v) is 12.8. The number of cyclic esters (lactones) is 1. The number of ether oxygens (including phenoxy) is 3. The van der Waals surface area contributed by atoms with Crippen LogP contribution in [-0.2, 0) is 4.74 Å². The van der Waals surface area contributed by atoms with E-state index in [-0.39, 0.29) is 0 Å². The SMILES string of the molecule is COc1ccc2c(c1OC)C(=O)O[C@@H]2Nc1cccc(Cl)c1. The first-order chi connectivity index (χ1) is 10.6. The van der Waals surface area contributed by atoms with Gasteiger partial charge in [-0.2, -0.15) is 0 Å². The molecule has 0 bridgehead atoms. The lowest BCUT2D eigenvalue weighted by Gasteiger charge is -2.15. The summed E-state index contributed by atoms with van der Waals surface area (Å²) >= 11 is 5.96. The number of fused-ring (bicyclic) bond motifs is 1. The summed E-state index contributed by atoms with van der Waals surface area (Å²) in [6.45, 7) is 0. The molecule has 2 aromatic carbocycles. The quantitative estimate of drug-likeness (QED) is 0.872. The molecule has 0 spiro atoms. The van der Waals surface area contributed by atoms with Gasteiger partial charge in [0.05, 0.1) is 14.2 Å². The summed E-state index contributed by atoms with van der Waals surface area (Å²) in [7, 11) is 3.01. The minimum absolute atomic E-state index is 0.375. The molecule has 0 aliphatic carbocycles. The van der Waals surface area contributed by atoms with Crippen LogP contribution in [0.4, 0.5) is 5.69 Å². The maximum atomic E-state index is 12.2. The Morgan fingerprint density at radius 2 is 2.00 bits per heavy atom. The van der Waals surface area contributed by atoms with Crippen LogP contribution in [0.5, 0.6) is 11.5 Å². The van der Waals surface area contributed by atoms with Crippen LogP contribution in [0.15, 0.2) is 36.4 Å². The Morgan fingerprint density at radius 3 is 2.68 bits per heavy atom. The van der Waals surface area contributed by atoms with Gasteiger partial charge in [-0.05, 0) is 30.3 Å². The molecule has 2 aromatic rings. The van der Waals surface area contributed by atoms with Crippen LogP contribution in [0.25, 0.3) is 0 Å². The highest BCUT2D eigenvalue weighted by atomic mass is 35.5. The van der Waals surface area contributed by atoms with Crippen molar-refractivity contribution in [3.8, 4) is 11.5 Å². The molecule has 3 rings (SSSR count). The molecule has 0 saturated heterocycles. The molecule has 1 N–H and O–H groups in total. The number of hydrogen-bond donors (Lipinski definition) is 1. The molecule has 1 aliphatic rings. The van der Waals surface area contributed by atoms with Crippen molar-refractivity contribution >= 4 is 23.3 Å². The smallest absolute Gasteiger partial charge is 0.344 e. The van der Waals surface area contributed by atoms with Gasteiger partial charge in [-0.1, -0.05) is 17.7 Å². The predicted octanol–water partition coefficient (Wildman–Crippen LogP) is 3.64. The highest BCUT2D eigenvalue weighted by Gasteiger charge is 2.35. The Kier molecular flexibility index (Phi) is 3.81. The average Bonchev–Trinajstić information content (AvgIpc) is 2.82. The van der Waals surface area contributed by atoms with Crippen molar-refractivity contribution in [2.24, 2.45) is 0 Å². The second kappa shape index (κ2) is 5.77. The van der Waals surface area contributed by atoms with E-state index in [1.807, 2.05) is 12.1 Å². The zero-order valence-electron chi connectivity index (χ0n) is 12.1. The van der Waals surface area contributed by atoms with Crippen molar-refractivity contribution in [2.75, 3.05) is 19.5 Å². The van der Waals surface area contributed by atoms with E-state index in [2.05, 4.69) is 5.32 Å². The second-order valence-electron chi connectivity index (χ2n) is 4.71. The lowest BCUT2D eigenvalue weighted by molar-refractivity contribution is 0.0435. The van der Waals surface area contributed by atoms with Gasteiger partial charge < -0.3 is 19.5 Å². The topological polar surface area (TPSA) is 56.8 Å². The van der Waals surface area contributed by atoms with Gasteiger partial charge in [0.25, 0.3) is 0 Å². The lowest BCUT2D eigenvalue weighted by Crippen LogP contribution is -2.10. The van der Waals surface area contributed by atoms with Gasteiger partial charge in [0.2, 0.25) is 6.23 Å². The molecule has 0 aromatic heterocycles. The summed E-state index contributed by atoms with van der Waals surface area (Å²) < 4.78 is 15.9. The molecule has 0 unspecified atom stereocenters. The van der Waals surface area contributed by atoms with E-state index in [1.165, 1.54) is 14.2 Å². The Labute approximate surface area is 132 Å². The predicted molar refractivity (Wildman–Crippen MR) is 82.8 cm³/mol. The van der Waals surface area contributed by atoms with E-state index in [0.29, 0.717) is 27.6 Å². The van der Waals surface area contributed by atoms with Crippen molar-refractivity contribution in [3.63, 3.8) is 0 Å². The fourth-order valence-electron chi connectivity index (χ4n) is 2.44. The monoisotopic (exact) mass is 319 g/mol. The molecule has 6 heteroatoms. The van der Waals surface area contributed by atoms with E-state index in [1.54, 1.807) is 24.3 Å². The highest BCUT2D eigenvalue weighted by Crippen LogP contribution is 2.42. The minimum atomic E-state index is -0.597. The van der Waals surface area contributed by atoms with Gasteiger partial charge >= 0.3 is 5.97 Å². The number of benzene rings is 2. The normalized spacial score (nSPS) is 16.0. The summed E-state index contributed by atoms with van der Waals surface area (Å²) in [6.07, 6.45) is -0.597. The van der Waals surface area contributed by atoms with Crippen LogP contribution in [-0.4, -0.2) is 20.2 Å². The number of anilines is 1. The zero-order chi connectivity index (χ0) is 15.7. The van der Waals surface area contributed by atoms with Crippen molar-refractivity contribution in [3.05, 3.63) is 52.5 Å². The Hall–Kier alpha value is -2.40. The number of carbonyl (C=O) groups excluding carboxylic acids is 1. The molecule has 0 fully saturated rings. The van der Waals surface area contributed by atoms with Gasteiger partial charge in [-0.25, -0.2) is 4.79 Å².